The number of ether oxygens (including phenoxy) is 1. The van der Waals surface area contributed by atoms with Crippen molar-refractivity contribution in [3.05, 3.63) is 24.8 Å². The van der Waals surface area contributed by atoms with Gasteiger partial charge in [-0.3, -0.25) is 9.59 Å². The molecule has 1 aliphatic rings. The Morgan fingerprint density at radius 1 is 1.34 bits per heavy atom. The quantitative estimate of drug-likeness (QED) is 0.383. The van der Waals surface area contributed by atoms with Crippen molar-refractivity contribution in [2.45, 2.75) is 79.2 Å². The standard InChI is InChI=1S/C24H39NO4/c1-8-10-14-25(22(28)29-23(5,6)7)15-11-13-24(19(4)26)20(12-9-2)16-18(3)17-21(24)27/h8-10,18,20H,2,11-17H2,1,3-7H3/t18?,20-,24-/m1/s1. The monoisotopic (exact) mass is 405 g/mol. The first-order chi connectivity index (χ1) is 13.5. The number of Topliss-reactive ketones (excluding diaryl/α,β-unsaturated/α-hetero) is 2. The first kappa shape index (κ1) is 25.1. The number of rotatable bonds is 9. The zero-order valence-electron chi connectivity index (χ0n) is 19.1. The molecule has 0 saturated heterocycles. The lowest BCUT2D eigenvalue weighted by Crippen LogP contribution is -2.49. The van der Waals surface area contributed by atoms with Crippen molar-refractivity contribution in [1.82, 2.24) is 4.90 Å². The summed E-state index contributed by atoms with van der Waals surface area (Å²) in [4.78, 5) is 40.0. The van der Waals surface area contributed by atoms with Crippen LogP contribution >= 0.6 is 0 Å². The number of amides is 1. The summed E-state index contributed by atoms with van der Waals surface area (Å²) in [5.41, 5.74) is -1.53. The van der Waals surface area contributed by atoms with Crippen LogP contribution in [0, 0.1) is 17.3 Å². The fourth-order valence-corrected chi connectivity index (χ4v) is 4.36. The summed E-state index contributed by atoms with van der Waals surface area (Å²) in [5, 5.41) is 0. The molecule has 1 rings (SSSR count). The lowest BCUT2D eigenvalue weighted by atomic mass is 9.58. The van der Waals surface area contributed by atoms with Crippen molar-refractivity contribution >= 4 is 17.7 Å². The minimum absolute atomic E-state index is 0.0146. The molecule has 1 saturated carbocycles. The molecule has 0 aromatic heterocycles. The van der Waals surface area contributed by atoms with Crippen LogP contribution in [0.2, 0.25) is 0 Å². The Balaban J connectivity index is 2.97. The first-order valence-corrected chi connectivity index (χ1v) is 10.7. The van der Waals surface area contributed by atoms with E-state index in [9.17, 15) is 14.4 Å². The fourth-order valence-electron chi connectivity index (χ4n) is 4.36. The van der Waals surface area contributed by atoms with Gasteiger partial charge in [-0.2, -0.15) is 0 Å². The maximum atomic E-state index is 13.1. The molecule has 0 N–H and O–H groups in total. The summed E-state index contributed by atoms with van der Waals surface area (Å²) in [5.74, 6) is 0.263. The summed E-state index contributed by atoms with van der Waals surface area (Å²) in [6.07, 6.45) is 8.22. The van der Waals surface area contributed by atoms with Gasteiger partial charge in [0.15, 0.2) is 0 Å². The SMILES string of the molecule is C=CC[C@@H]1CC(C)CC(=O)[C@]1(CCCN(CC=CC)C(=O)OC(C)(C)C)C(C)=O. The highest BCUT2D eigenvalue weighted by Gasteiger charge is 2.51. The molecule has 1 unspecified atom stereocenters. The first-order valence-electron chi connectivity index (χ1n) is 10.7. The average molecular weight is 406 g/mol. The summed E-state index contributed by atoms with van der Waals surface area (Å²) in [7, 11) is 0. The van der Waals surface area contributed by atoms with Gasteiger partial charge < -0.3 is 9.64 Å². The average Bonchev–Trinajstić information content (AvgIpc) is 2.58. The van der Waals surface area contributed by atoms with E-state index >= 15 is 0 Å². The van der Waals surface area contributed by atoms with E-state index in [1.807, 2.05) is 45.9 Å². The largest absolute Gasteiger partial charge is 0.444 e. The molecule has 1 amide bonds. The van der Waals surface area contributed by atoms with E-state index in [0.717, 1.165) is 6.42 Å². The second-order valence-electron chi connectivity index (χ2n) is 9.32. The van der Waals surface area contributed by atoms with Crippen molar-refractivity contribution in [3.63, 3.8) is 0 Å². The Kier molecular flexibility index (Phi) is 9.31. The van der Waals surface area contributed by atoms with E-state index in [1.165, 1.54) is 6.92 Å². The Bertz CT molecular complexity index is 631. The molecule has 5 heteroatoms. The number of ketones is 2. The molecule has 1 fully saturated rings. The van der Waals surface area contributed by atoms with Gasteiger partial charge in [-0.05, 0) is 72.1 Å². The molecule has 29 heavy (non-hydrogen) atoms. The molecule has 0 aromatic carbocycles. The van der Waals surface area contributed by atoms with Gasteiger partial charge in [-0.1, -0.05) is 25.2 Å². The van der Waals surface area contributed by atoms with Gasteiger partial charge in [0, 0.05) is 19.5 Å². The zero-order valence-corrected chi connectivity index (χ0v) is 19.1. The number of nitrogens with zero attached hydrogens (tertiary/aromatic N) is 1. The molecule has 0 bridgehead atoms. The summed E-state index contributed by atoms with van der Waals surface area (Å²) < 4.78 is 5.51. The summed E-state index contributed by atoms with van der Waals surface area (Å²) >= 11 is 0. The van der Waals surface area contributed by atoms with Crippen molar-refractivity contribution in [3.8, 4) is 0 Å². The molecular formula is C24H39NO4. The molecule has 164 valence electrons. The maximum absolute atomic E-state index is 13.1. The van der Waals surface area contributed by atoms with Gasteiger partial charge in [0.05, 0.1) is 5.41 Å². The normalized spacial score (nSPS) is 25.1. The van der Waals surface area contributed by atoms with Gasteiger partial charge in [0.25, 0.3) is 0 Å². The van der Waals surface area contributed by atoms with Crippen molar-refractivity contribution in [2.75, 3.05) is 13.1 Å². The lowest BCUT2D eigenvalue weighted by molar-refractivity contribution is -0.148. The fraction of sp³-hybridized carbons (Fsp3) is 0.708. The van der Waals surface area contributed by atoms with Crippen LogP contribution in [0.3, 0.4) is 0 Å². The van der Waals surface area contributed by atoms with E-state index in [4.69, 9.17) is 4.74 Å². The van der Waals surface area contributed by atoms with Crippen LogP contribution in [0.5, 0.6) is 0 Å². The molecule has 0 aliphatic heterocycles. The lowest BCUT2D eigenvalue weighted by Gasteiger charge is -2.43. The van der Waals surface area contributed by atoms with Crippen LogP contribution < -0.4 is 0 Å². The van der Waals surface area contributed by atoms with Crippen molar-refractivity contribution in [1.29, 1.82) is 0 Å². The van der Waals surface area contributed by atoms with Crippen LogP contribution in [0.1, 0.15) is 73.6 Å². The summed E-state index contributed by atoms with van der Waals surface area (Å²) in [6, 6.07) is 0. The topological polar surface area (TPSA) is 63.7 Å². The number of carbonyl (C=O) groups excluding carboxylic acids is 3. The number of carbonyl (C=O) groups is 3. The molecule has 0 spiro atoms. The Morgan fingerprint density at radius 3 is 2.52 bits per heavy atom. The van der Waals surface area contributed by atoms with E-state index in [-0.39, 0.29) is 29.5 Å². The molecule has 0 heterocycles. The van der Waals surface area contributed by atoms with Gasteiger partial charge >= 0.3 is 6.09 Å². The Labute approximate surface area is 176 Å². The zero-order chi connectivity index (χ0) is 22.2. The van der Waals surface area contributed by atoms with Crippen molar-refractivity contribution in [2.24, 2.45) is 17.3 Å². The summed E-state index contributed by atoms with van der Waals surface area (Å²) in [6.45, 7) is 15.7. The van der Waals surface area contributed by atoms with Gasteiger partial charge in [0.1, 0.15) is 17.2 Å². The molecule has 0 aromatic rings. The van der Waals surface area contributed by atoms with E-state index in [0.29, 0.717) is 38.8 Å². The minimum Gasteiger partial charge on any atom is -0.444 e. The predicted octanol–water partition coefficient (Wildman–Crippen LogP) is 5.35. The molecular weight excluding hydrogens is 366 g/mol. The molecule has 5 nitrogen and oxygen atoms in total. The highest BCUT2D eigenvalue weighted by atomic mass is 16.6. The third-order valence-electron chi connectivity index (χ3n) is 5.71. The van der Waals surface area contributed by atoms with Crippen LogP contribution in [0.4, 0.5) is 4.79 Å². The number of allylic oxidation sites excluding steroid dienone is 2. The van der Waals surface area contributed by atoms with Crippen molar-refractivity contribution < 1.29 is 19.1 Å². The van der Waals surface area contributed by atoms with Gasteiger partial charge in [0.2, 0.25) is 0 Å². The smallest absolute Gasteiger partial charge is 0.410 e. The maximum Gasteiger partial charge on any atom is 0.410 e. The van der Waals surface area contributed by atoms with Crippen LogP contribution in [0.15, 0.2) is 24.8 Å². The van der Waals surface area contributed by atoms with Crippen LogP contribution in [0.25, 0.3) is 0 Å². The second-order valence-corrected chi connectivity index (χ2v) is 9.32. The van der Waals surface area contributed by atoms with E-state index < -0.39 is 11.0 Å². The molecule has 3 atom stereocenters. The predicted molar refractivity (Wildman–Crippen MR) is 117 cm³/mol. The molecule has 0 radical (unpaired) electrons. The third kappa shape index (κ3) is 6.83. The van der Waals surface area contributed by atoms with Crippen LogP contribution in [-0.4, -0.2) is 41.3 Å². The highest BCUT2D eigenvalue weighted by Crippen LogP contribution is 2.47. The highest BCUT2D eigenvalue weighted by molar-refractivity contribution is 6.07. The second kappa shape index (κ2) is 10.7. The Morgan fingerprint density at radius 2 is 2.00 bits per heavy atom. The van der Waals surface area contributed by atoms with Crippen LogP contribution in [-0.2, 0) is 14.3 Å². The van der Waals surface area contributed by atoms with Gasteiger partial charge in [-0.15, -0.1) is 6.58 Å². The third-order valence-corrected chi connectivity index (χ3v) is 5.71. The minimum atomic E-state index is -0.957. The van der Waals surface area contributed by atoms with Gasteiger partial charge in [-0.25, -0.2) is 4.79 Å². The number of hydrogen-bond donors (Lipinski definition) is 0. The Hall–Kier alpha value is -1.91. The molecule has 1 aliphatic carbocycles. The number of hydrogen-bond acceptors (Lipinski definition) is 4. The van der Waals surface area contributed by atoms with E-state index in [2.05, 4.69) is 13.5 Å². The van der Waals surface area contributed by atoms with E-state index in [1.54, 1.807) is 4.90 Å².